The van der Waals surface area contributed by atoms with E-state index in [1.807, 2.05) is 24.5 Å². The maximum Gasteiger partial charge on any atom is 0.433 e. The van der Waals surface area contributed by atoms with Crippen LogP contribution in [0.1, 0.15) is 49.9 Å². The smallest absolute Gasteiger partial charge is 0.389 e. The number of aliphatic hydroxyl groups is 1. The number of nitrogens with zero attached hydrogens (tertiary/aromatic N) is 4. The highest BCUT2D eigenvalue weighted by Gasteiger charge is 2.39. The van der Waals surface area contributed by atoms with E-state index in [1.165, 1.54) is 6.92 Å². The lowest BCUT2D eigenvalue weighted by Gasteiger charge is -2.39. The van der Waals surface area contributed by atoms with Gasteiger partial charge < -0.3 is 14.6 Å². The van der Waals surface area contributed by atoms with Gasteiger partial charge in [-0.2, -0.15) is 13.2 Å². The van der Waals surface area contributed by atoms with E-state index in [4.69, 9.17) is 0 Å². The molecule has 1 aliphatic heterocycles. The number of sulfone groups is 1. The second-order valence-electron chi connectivity index (χ2n) is 8.74. The number of hydrogen-bond donors (Lipinski definition) is 1. The lowest BCUT2D eigenvalue weighted by Crippen LogP contribution is -2.41. The zero-order valence-electron chi connectivity index (χ0n) is 18.6. The van der Waals surface area contributed by atoms with Gasteiger partial charge in [-0.05, 0) is 31.0 Å². The summed E-state index contributed by atoms with van der Waals surface area (Å²) in [5, 5.41) is 10.6. The number of hydrogen-bond acceptors (Lipinski definition) is 6. The Hall–Kier alpha value is -2.66. The molecule has 0 saturated carbocycles. The molecule has 4 rings (SSSR count). The molecule has 3 aromatic rings. The lowest BCUT2D eigenvalue weighted by molar-refractivity contribution is -0.142. The number of fused-ring (bicyclic) bond motifs is 3. The van der Waals surface area contributed by atoms with Crippen molar-refractivity contribution in [3.8, 4) is 0 Å². The average Bonchev–Trinajstić information content (AvgIpc) is 3.08. The molecule has 0 fully saturated rings. The SMILES string of the molecule is CC(C)C1c2cc3ccc(S(C)(=O)=O)cc3n2CCN1c1ncc([C@@H](C)O)c(C(F)(F)F)n1. The van der Waals surface area contributed by atoms with Crippen LogP contribution in [0, 0.1) is 5.92 Å². The molecule has 0 aliphatic carbocycles. The van der Waals surface area contributed by atoms with Crippen LogP contribution in [0.2, 0.25) is 0 Å². The first-order valence-corrected chi connectivity index (χ1v) is 12.4. The maximum absolute atomic E-state index is 13.7. The predicted molar refractivity (Wildman–Crippen MR) is 118 cm³/mol. The quantitative estimate of drug-likeness (QED) is 0.602. The molecule has 2 atom stereocenters. The molecule has 0 saturated heterocycles. The highest BCUT2D eigenvalue weighted by molar-refractivity contribution is 7.90. The molecular weight excluding hydrogens is 457 g/mol. The number of anilines is 1. The fourth-order valence-corrected chi connectivity index (χ4v) is 5.11. The molecule has 3 heterocycles. The standard InChI is InChI=1S/C22H25F3N4O3S/c1-12(2)19-18-9-14-5-6-15(33(4,31)32)10-17(14)28(18)7-8-29(19)21-26-11-16(13(3)30)20(27-21)22(23,24)25/h5-6,9-13,19,30H,7-8H2,1-4H3/t13-,19?/m1/s1. The van der Waals surface area contributed by atoms with E-state index in [9.17, 15) is 26.7 Å². The molecule has 0 amide bonds. The maximum atomic E-state index is 13.7. The zero-order chi connectivity index (χ0) is 24.3. The van der Waals surface area contributed by atoms with E-state index in [0.29, 0.717) is 13.1 Å². The van der Waals surface area contributed by atoms with Crippen LogP contribution in [0.3, 0.4) is 0 Å². The minimum Gasteiger partial charge on any atom is -0.389 e. The Morgan fingerprint density at radius 2 is 1.85 bits per heavy atom. The molecule has 0 spiro atoms. The lowest BCUT2D eigenvalue weighted by atomic mass is 9.97. The van der Waals surface area contributed by atoms with Crippen molar-refractivity contribution in [3.63, 3.8) is 0 Å². The van der Waals surface area contributed by atoms with Gasteiger partial charge in [0.15, 0.2) is 15.5 Å². The van der Waals surface area contributed by atoms with Crippen molar-refractivity contribution in [2.45, 2.75) is 50.5 Å². The van der Waals surface area contributed by atoms with Crippen LogP contribution in [0.25, 0.3) is 10.9 Å². The predicted octanol–water partition coefficient (Wildman–Crippen LogP) is 4.12. The highest BCUT2D eigenvalue weighted by Crippen LogP contribution is 2.40. The Balaban J connectivity index is 1.84. The summed E-state index contributed by atoms with van der Waals surface area (Å²) in [7, 11) is -3.38. The van der Waals surface area contributed by atoms with E-state index in [2.05, 4.69) is 9.97 Å². The molecule has 2 aromatic heterocycles. The Morgan fingerprint density at radius 3 is 2.42 bits per heavy atom. The van der Waals surface area contributed by atoms with Gasteiger partial charge in [-0.15, -0.1) is 0 Å². The van der Waals surface area contributed by atoms with Crippen LogP contribution < -0.4 is 4.90 Å². The van der Waals surface area contributed by atoms with Gasteiger partial charge in [0.25, 0.3) is 0 Å². The normalized spacial score (nSPS) is 18.1. The van der Waals surface area contributed by atoms with Gasteiger partial charge in [0.05, 0.1) is 17.0 Å². The van der Waals surface area contributed by atoms with Gasteiger partial charge in [0, 0.05) is 47.7 Å². The first kappa shape index (κ1) is 23.5. The summed E-state index contributed by atoms with van der Waals surface area (Å²) in [6.45, 7) is 5.93. The molecule has 0 radical (unpaired) electrons. The molecule has 1 aromatic carbocycles. The molecule has 0 bridgehead atoms. The van der Waals surface area contributed by atoms with Gasteiger partial charge in [-0.1, -0.05) is 19.9 Å². The van der Waals surface area contributed by atoms with E-state index in [-0.39, 0.29) is 28.4 Å². The molecule has 178 valence electrons. The second-order valence-corrected chi connectivity index (χ2v) is 10.8. The monoisotopic (exact) mass is 482 g/mol. The van der Waals surface area contributed by atoms with Crippen LogP contribution in [0.4, 0.5) is 19.1 Å². The van der Waals surface area contributed by atoms with Crippen molar-refractivity contribution < 1.29 is 26.7 Å². The van der Waals surface area contributed by atoms with Crippen LogP contribution >= 0.6 is 0 Å². The van der Waals surface area contributed by atoms with Crippen LogP contribution in [-0.4, -0.2) is 40.9 Å². The summed E-state index contributed by atoms with van der Waals surface area (Å²) in [5.74, 6) is -0.0594. The van der Waals surface area contributed by atoms with Crippen molar-refractivity contribution in [1.29, 1.82) is 0 Å². The summed E-state index contributed by atoms with van der Waals surface area (Å²) in [4.78, 5) is 9.97. The third-order valence-corrected chi connectivity index (χ3v) is 7.06. The fourth-order valence-electron chi connectivity index (χ4n) is 4.47. The van der Waals surface area contributed by atoms with Crippen LogP contribution in [-0.2, 0) is 22.6 Å². The first-order chi connectivity index (χ1) is 15.3. The number of aliphatic hydroxyl groups excluding tert-OH is 1. The summed E-state index contributed by atoms with van der Waals surface area (Å²) >= 11 is 0. The minimum absolute atomic E-state index is 0.00267. The summed E-state index contributed by atoms with van der Waals surface area (Å²) in [5.41, 5.74) is 0.105. The van der Waals surface area contributed by atoms with Crippen molar-refractivity contribution in [2.24, 2.45) is 5.92 Å². The zero-order valence-corrected chi connectivity index (χ0v) is 19.4. The first-order valence-electron chi connectivity index (χ1n) is 10.5. The Bertz CT molecular complexity index is 1320. The van der Waals surface area contributed by atoms with E-state index in [0.717, 1.165) is 29.0 Å². The van der Waals surface area contributed by atoms with Gasteiger partial charge in [0.1, 0.15) is 0 Å². The minimum atomic E-state index is -4.73. The number of halogens is 3. The third-order valence-electron chi connectivity index (χ3n) is 5.95. The summed E-state index contributed by atoms with van der Waals surface area (Å²) in [6, 6.07) is 6.55. The molecule has 1 N–H and O–H groups in total. The van der Waals surface area contributed by atoms with Gasteiger partial charge >= 0.3 is 6.18 Å². The van der Waals surface area contributed by atoms with Gasteiger partial charge in [-0.25, -0.2) is 18.4 Å². The van der Waals surface area contributed by atoms with Crippen molar-refractivity contribution in [2.75, 3.05) is 17.7 Å². The average molecular weight is 483 g/mol. The number of benzene rings is 1. The summed E-state index contributed by atoms with van der Waals surface area (Å²) in [6.07, 6.45) is -3.90. The number of aromatic nitrogens is 3. The largest absolute Gasteiger partial charge is 0.433 e. The molecule has 1 unspecified atom stereocenters. The van der Waals surface area contributed by atoms with Crippen LogP contribution in [0.5, 0.6) is 0 Å². The van der Waals surface area contributed by atoms with E-state index >= 15 is 0 Å². The van der Waals surface area contributed by atoms with Gasteiger partial charge in [-0.3, -0.25) is 0 Å². The third kappa shape index (κ3) is 4.19. The Labute approximate surface area is 189 Å². The van der Waals surface area contributed by atoms with Crippen molar-refractivity contribution >= 4 is 26.7 Å². The summed E-state index contributed by atoms with van der Waals surface area (Å²) < 4.78 is 67.0. The van der Waals surface area contributed by atoms with Gasteiger partial charge in [0.2, 0.25) is 5.95 Å². The number of alkyl halides is 3. The Morgan fingerprint density at radius 1 is 1.15 bits per heavy atom. The molecule has 33 heavy (non-hydrogen) atoms. The van der Waals surface area contributed by atoms with E-state index < -0.39 is 27.8 Å². The topological polar surface area (TPSA) is 88.3 Å². The fraction of sp³-hybridized carbons (Fsp3) is 0.455. The second kappa shape index (κ2) is 7.98. The molecule has 11 heteroatoms. The molecule has 1 aliphatic rings. The number of rotatable bonds is 4. The Kier molecular flexibility index (Phi) is 5.68. The van der Waals surface area contributed by atoms with Crippen LogP contribution in [0.15, 0.2) is 35.4 Å². The van der Waals surface area contributed by atoms with Crippen molar-refractivity contribution in [1.82, 2.24) is 14.5 Å². The molecular formula is C22H25F3N4O3S. The van der Waals surface area contributed by atoms with Crippen molar-refractivity contribution in [3.05, 3.63) is 47.4 Å². The highest BCUT2D eigenvalue weighted by atomic mass is 32.2. The molecule has 7 nitrogen and oxygen atoms in total. The van der Waals surface area contributed by atoms with E-state index in [1.54, 1.807) is 23.1 Å².